The van der Waals surface area contributed by atoms with Gasteiger partial charge in [0.2, 0.25) is 0 Å². The fourth-order valence-corrected chi connectivity index (χ4v) is 10.9. The molecule has 14 rings (SSSR count). The molecule has 0 bridgehead atoms. The van der Waals surface area contributed by atoms with Gasteiger partial charge in [0.05, 0.1) is 22.1 Å². The van der Waals surface area contributed by atoms with Crippen LogP contribution in [0.4, 0.5) is 0 Å². The van der Waals surface area contributed by atoms with Gasteiger partial charge in [-0.3, -0.25) is 0 Å². The third-order valence-electron chi connectivity index (χ3n) is 13.9. The van der Waals surface area contributed by atoms with Crippen molar-refractivity contribution in [1.82, 2.24) is 9.13 Å². The summed E-state index contributed by atoms with van der Waals surface area (Å²) in [6, 6.07) is 85.2. The van der Waals surface area contributed by atoms with Crippen LogP contribution in [0.3, 0.4) is 0 Å². The van der Waals surface area contributed by atoms with Crippen molar-refractivity contribution in [3.63, 3.8) is 0 Å². The van der Waals surface area contributed by atoms with E-state index in [1.165, 1.54) is 126 Å². The molecule has 2 aromatic heterocycles. The third kappa shape index (κ3) is 5.14. The monoisotopic (exact) mass is 810 g/mol. The van der Waals surface area contributed by atoms with Crippen LogP contribution in [-0.2, 0) is 0 Å². The van der Waals surface area contributed by atoms with Crippen molar-refractivity contribution in [1.29, 1.82) is 0 Å². The van der Waals surface area contributed by atoms with Gasteiger partial charge in [0, 0.05) is 38.3 Å². The molecule has 0 saturated heterocycles. The number of para-hydroxylation sites is 2. The summed E-state index contributed by atoms with van der Waals surface area (Å²) in [6.45, 7) is 0. The first kappa shape index (κ1) is 35.2. The number of aromatic nitrogens is 2. The predicted octanol–water partition coefficient (Wildman–Crippen LogP) is 16.8. The van der Waals surface area contributed by atoms with Gasteiger partial charge in [-0.2, -0.15) is 0 Å². The van der Waals surface area contributed by atoms with Crippen LogP contribution in [0.15, 0.2) is 231 Å². The molecule has 296 valence electrons. The molecule has 0 unspecified atom stereocenters. The normalized spacial score (nSPS) is 12.1. The fourth-order valence-electron chi connectivity index (χ4n) is 10.9. The van der Waals surface area contributed by atoms with Crippen LogP contribution in [0.25, 0.3) is 132 Å². The van der Waals surface area contributed by atoms with E-state index in [0.717, 1.165) is 5.69 Å². The smallest absolute Gasteiger partial charge is 0.0619 e. The average Bonchev–Trinajstić information content (AvgIpc) is 4.00. The zero-order valence-electron chi connectivity index (χ0n) is 34.8. The van der Waals surface area contributed by atoms with Crippen molar-refractivity contribution in [2.45, 2.75) is 0 Å². The Morgan fingerprint density at radius 3 is 1.50 bits per heavy atom. The molecule has 0 N–H and O–H groups in total. The quantitative estimate of drug-likeness (QED) is 0.164. The Hall–Kier alpha value is -8.46. The molecule has 0 amide bonds. The van der Waals surface area contributed by atoms with Gasteiger partial charge in [-0.15, -0.1) is 0 Å². The summed E-state index contributed by atoms with van der Waals surface area (Å²) in [5, 5.41) is 10.2. The summed E-state index contributed by atoms with van der Waals surface area (Å²) in [6.07, 6.45) is 0. The zero-order chi connectivity index (χ0) is 41.9. The van der Waals surface area contributed by atoms with Crippen LogP contribution >= 0.6 is 0 Å². The lowest BCUT2D eigenvalue weighted by Crippen LogP contribution is -1.94. The van der Waals surface area contributed by atoms with Gasteiger partial charge in [-0.1, -0.05) is 170 Å². The Kier molecular flexibility index (Phi) is 7.43. The Balaban J connectivity index is 0.842. The first-order chi connectivity index (χ1) is 31.7. The lowest BCUT2D eigenvalue weighted by Gasteiger charge is -2.12. The second kappa shape index (κ2) is 13.5. The summed E-state index contributed by atoms with van der Waals surface area (Å²) in [5.41, 5.74) is 19.8. The number of fused-ring (bicyclic) bond motifs is 11. The number of nitrogens with zero attached hydrogens (tertiary/aromatic N) is 2. The van der Waals surface area contributed by atoms with Crippen LogP contribution < -0.4 is 0 Å². The molecule has 1 aliphatic carbocycles. The summed E-state index contributed by atoms with van der Waals surface area (Å²) >= 11 is 0. The topological polar surface area (TPSA) is 9.86 Å². The second-order valence-corrected chi connectivity index (χ2v) is 17.3. The van der Waals surface area contributed by atoms with Crippen LogP contribution in [0.1, 0.15) is 0 Å². The van der Waals surface area contributed by atoms with Crippen LogP contribution in [-0.4, -0.2) is 9.13 Å². The molecule has 0 aliphatic heterocycles. The van der Waals surface area contributed by atoms with Crippen molar-refractivity contribution in [3.8, 4) is 67.0 Å². The molecule has 0 fully saturated rings. The molecule has 2 heteroatoms. The molecule has 13 aromatic rings. The van der Waals surface area contributed by atoms with Crippen LogP contribution in [0.5, 0.6) is 0 Å². The first-order valence-corrected chi connectivity index (χ1v) is 22.2. The van der Waals surface area contributed by atoms with E-state index in [1.54, 1.807) is 0 Å². The molecule has 0 saturated carbocycles. The average molecular weight is 811 g/mol. The van der Waals surface area contributed by atoms with Crippen molar-refractivity contribution >= 4 is 65.2 Å². The summed E-state index contributed by atoms with van der Waals surface area (Å²) < 4.78 is 4.85. The van der Waals surface area contributed by atoms with Crippen molar-refractivity contribution < 1.29 is 0 Å². The molecule has 11 aromatic carbocycles. The molecule has 2 nitrogen and oxygen atoms in total. The lowest BCUT2D eigenvalue weighted by molar-refractivity contribution is 1.18. The first-order valence-electron chi connectivity index (χ1n) is 22.2. The van der Waals surface area contributed by atoms with E-state index in [4.69, 9.17) is 0 Å². The van der Waals surface area contributed by atoms with E-state index in [2.05, 4.69) is 240 Å². The highest BCUT2D eigenvalue weighted by Crippen LogP contribution is 2.48. The van der Waals surface area contributed by atoms with E-state index in [9.17, 15) is 0 Å². The molecule has 0 atom stereocenters. The highest BCUT2D eigenvalue weighted by Gasteiger charge is 2.22. The van der Waals surface area contributed by atoms with Gasteiger partial charge in [0.1, 0.15) is 0 Å². The number of rotatable bonds is 5. The molecule has 0 spiro atoms. The molecule has 64 heavy (non-hydrogen) atoms. The summed E-state index contributed by atoms with van der Waals surface area (Å²) in [4.78, 5) is 0. The Morgan fingerprint density at radius 2 is 0.750 bits per heavy atom. The van der Waals surface area contributed by atoms with Crippen LogP contribution in [0, 0.1) is 0 Å². The van der Waals surface area contributed by atoms with Crippen molar-refractivity contribution in [3.05, 3.63) is 231 Å². The lowest BCUT2D eigenvalue weighted by atomic mass is 9.96. The SMILES string of the molecule is c1ccc(-n2c3ccccc3c3cc(-c4ccc5c(c4)c4ccc6ccccc6c4n5-c4ccc(-c5ccc(-c6ccc7c(c6)-c6cccc8cccc-7c68)cc5)cc4)ccc32)cc1. The van der Waals surface area contributed by atoms with Gasteiger partial charge < -0.3 is 9.13 Å². The minimum atomic E-state index is 1.15. The molecular formula is C62H38N2. The van der Waals surface area contributed by atoms with E-state index >= 15 is 0 Å². The maximum Gasteiger partial charge on any atom is 0.0619 e. The Labute approximate surface area is 370 Å². The third-order valence-corrected chi connectivity index (χ3v) is 13.9. The van der Waals surface area contributed by atoms with Crippen molar-refractivity contribution in [2.75, 3.05) is 0 Å². The highest BCUT2D eigenvalue weighted by molar-refractivity contribution is 6.20. The van der Waals surface area contributed by atoms with E-state index in [1.807, 2.05) is 0 Å². The van der Waals surface area contributed by atoms with Crippen molar-refractivity contribution in [2.24, 2.45) is 0 Å². The van der Waals surface area contributed by atoms with Gasteiger partial charge in [-0.05, 0) is 132 Å². The zero-order valence-corrected chi connectivity index (χ0v) is 34.8. The Bertz CT molecular complexity index is 4030. The number of hydrogen-bond donors (Lipinski definition) is 0. The molecule has 2 heterocycles. The van der Waals surface area contributed by atoms with Gasteiger partial charge in [0.25, 0.3) is 0 Å². The summed E-state index contributed by atoms with van der Waals surface area (Å²) in [5.74, 6) is 0. The number of hydrogen-bond acceptors (Lipinski definition) is 0. The highest BCUT2D eigenvalue weighted by atomic mass is 15.0. The van der Waals surface area contributed by atoms with Gasteiger partial charge in [-0.25, -0.2) is 0 Å². The minimum Gasteiger partial charge on any atom is -0.309 e. The molecular weight excluding hydrogens is 773 g/mol. The standard InChI is InChI=1S/C62H38N2/c1-2-13-47(14-3-1)63-58-19-7-6-16-51(58)56-37-45(28-34-59(56)63)46-29-35-60-57(38-46)54-33-26-42-10-4-5-15-49(42)62(54)64(60)48-30-24-40(25-31-48)39-20-22-41(23-21-39)44-27-32-50-52-17-8-11-43-12-9-18-53(61(43)52)55(50)36-44/h1-38H. The van der Waals surface area contributed by atoms with E-state index in [-0.39, 0.29) is 0 Å². The van der Waals surface area contributed by atoms with Gasteiger partial charge >= 0.3 is 0 Å². The largest absolute Gasteiger partial charge is 0.309 e. The summed E-state index contributed by atoms with van der Waals surface area (Å²) in [7, 11) is 0. The Morgan fingerprint density at radius 1 is 0.234 bits per heavy atom. The molecule has 0 radical (unpaired) electrons. The van der Waals surface area contributed by atoms with Gasteiger partial charge in [0.15, 0.2) is 0 Å². The molecule has 1 aliphatic rings. The van der Waals surface area contributed by atoms with E-state index < -0.39 is 0 Å². The fraction of sp³-hybridized carbons (Fsp3) is 0. The maximum atomic E-state index is 2.47. The maximum absolute atomic E-state index is 2.47. The minimum absolute atomic E-state index is 1.15. The van der Waals surface area contributed by atoms with Crippen LogP contribution in [0.2, 0.25) is 0 Å². The predicted molar refractivity (Wildman–Crippen MR) is 271 cm³/mol. The second-order valence-electron chi connectivity index (χ2n) is 17.3. The number of benzene rings is 11. The van der Waals surface area contributed by atoms with E-state index in [0.29, 0.717) is 0 Å².